The van der Waals surface area contributed by atoms with Gasteiger partial charge < -0.3 is 40.3 Å². The van der Waals surface area contributed by atoms with Gasteiger partial charge in [0.2, 0.25) is 5.91 Å². The van der Waals surface area contributed by atoms with Crippen LogP contribution in [0.15, 0.2) is 24.3 Å². The van der Waals surface area contributed by atoms with Crippen LogP contribution in [0.3, 0.4) is 0 Å². The largest absolute Gasteiger partial charge is 0.394 e. The van der Waals surface area contributed by atoms with Gasteiger partial charge in [0.25, 0.3) is 0 Å². The van der Waals surface area contributed by atoms with Gasteiger partial charge >= 0.3 is 0 Å². The van der Waals surface area contributed by atoms with E-state index in [1.165, 1.54) is 38.5 Å². The molecule has 0 aromatic carbocycles. The second-order valence-electron chi connectivity index (χ2n) is 10.2. The molecule has 1 aliphatic rings. The first kappa shape index (κ1) is 34.7. The Balaban J connectivity index is 2.56. The van der Waals surface area contributed by atoms with E-state index in [1.54, 1.807) is 6.08 Å². The summed E-state index contributed by atoms with van der Waals surface area (Å²) < 4.78 is 11.0. The minimum Gasteiger partial charge on any atom is -0.394 e. The van der Waals surface area contributed by atoms with Gasteiger partial charge in [0.15, 0.2) is 6.29 Å². The van der Waals surface area contributed by atoms with Crippen molar-refractivity contribution >= 4 is 5.91 Å². The molecule has 0 saturated carbocycles. The van der Waals surface area contributed by atoms with E-state index in [0.717, 1.165) is 38.5 Å². The Morgan fingerprint density at radius 2 is 1.50 bits per heavy atom. The number of aliphatic hydroxyl groups is 5. The average molecular weight is 544 g/mol. The van der Waals surface area contributed by atoms with Gasteiger partial charge in [-0.2, -0.15) is 0 Å². The Kier molecular flexibility index (Phi) is 19.6. The van der Waals surface area contributed by atoms with Crippen molar-refractivity contribution < 1.29 is 39.8 Å². The summed E-state index contributed by atoms with van der Waals surface area (Å²) in [6.45, 7) is 3.50. The van der Waals surface area contributed by atoms with Crippen LogP contribution < -0.4 is 5.32 Å². The summed E-state index contributed by atoms with van der Waals surface area (Å²) >= 11 is 0. The maximum Gasteiger partial charge on any atom is 0.220 e. The summed E-state index contributed by atoms with van der Waals surface area (Å²) in [6.07, 6.45) is 13.1. The van der Waals surface area contributed by atoms with E-state index in [1.807, 2.05) is 13.0 Å². The van der Waals surface area contributed by atoms with Crippen LogP contribution in [0, 0.1) is 0 Å². The third-order valence-corrected chi connectivity index (χ3v) is 6.78. The first-order chi connectivity index (χ1) is 18.3. The fourth-order valence-electron chi connectivity index (χ4n) is 4.28. The highest BCUT2D eigenvalue weighted by Gasteiger charge is 2.44. The van der Waals surface area contributed by atoms with Crippen molar-refractivity contribution in [2.45, 2.75) is 140 Å². The van der Waals surface area contributed by atoms with Crippen LogP contribution in [0.5, 0.6) is 0 Å². The van der Waals surface area contributed by atoms with E-state index in [0.29, 0.717) is 6.42 Å². The molecular formula is C29H53NO8. The quantitative estimate of drug-likeness (QED) is 0.0956. The molecule has 1 saturated heterocycles. The molecule has 7 unspecified atom stereocenters. The Bertz CT molecular complexity index is 656. The molecule has 0 spiro atoms. The summed E-state index contributed by atoms with van der Waals surface area (Å²) in [5, 5.41) is 53.0. The van der Waals surface area contributed by atoms with Crippen LogP contribution in [-0.4, -0.2) is 87.5 Å². The molecule has 0 bridgehead atoms. The molecule has 6 N–H and O–H groups in total. The molecule has 9 heteroatoms. The minimum atomic E-state index is -1.56. The van der Waals surface area contributed by atoms with Gasteiger partial charge in [-0.3, -0.25) is 4.79 Å². The monoisotopic (exact) mass is 543 g/mol. The Morgan fingerprint density at radius 1 is 0.868 bits per heavy atom. The smallest absolute Gasteiger partial charge is 0.220 e. The molecular weight excluding hydrogens is 490 g/mol. The van der Waals surface area contributed by atoms with Gasteiger partial charge in [0.05, 0.1) is 25.4 Å². The van der Waals surface area contributed by atoms with E-state index in [9.17, 15) is 30.3 Å². The lowest BCUT2D eigenvalue weighted by Gasteiger charge is -2.40. The molecule has 1 fully saturated rings. The molecule has 1 aliphatic heterocycles. The number of aliphatic hydroxyl groups excluding tert-OH is 5. The number of allylic oxidation sites excluding steroid dienone is 3. The van der Waals surface area contributed by atoms with Crippen molar-refractivity contribution in [1.82, 2.24) is 5.32 Å². The lowest BCUT2D eigenvalue weighted by atomic mass is 9.99. The van der Waals surface area contributed by atoms with Crippen molar-refractivity contribution in [2.75, 3.05) is 13.2 Å². The van der Waals surface area contributed by atoms with Gasteiger partial charge in [-0.25, -0.2) is 0 Å². The average Bonchev–Trinajstić information content (AvgIpc) is 2.91. The maximum absolute atomic E-state index is 12.4. The third-order valence-electron chi connectivity index (χ3n) is 6.78. The van der Waals surface area contributed by atoms with Crippen LogP contribution in [-0.2, 0) is 14.3 Å². The van der Waals surface area contributed by atoms with E-state index < -0.39 is 49.5 Å². The van der Waals surface area contributed by atoms with Crippen molar-refractivity contribution in [3.8, 4) is 0 Å². The molecule has 38 heavy (non-hydrogen) atoms. The molecule has 0 aromatic heterocycles. The van der Waals surface area contributed by atoms with Crippen molar-refractivity contribution in [3.05, 3.63) is 24.3 Å². The van der Waals surface area contributed by atoms with Crippen LogP contribution in [0.25, 0.3) is 0 Å². The molecule has 9 nitrogen and oxygen atoms in total. The second-order valence-corrected chi connectivity index (χ2v) is 10.2. The number of hydrogen-bond donors (Lipinski definition) is 6. The number of amides is 1. The zero-order valence-corrected chi connectivity index (χ0v) is 23.4. The highest BCUT2D eigenvalue weighted by Crippen LogP contribution is 2.22. The summed E-state index contributed by atoms with van der Waals surface area (Å²) in [5.41, 5.74) is 0. The molecule has 7 atom stereocenters. The Hall–Kier alpha value is -1.33. The van der Waals surface area contributed by atoms with E-state index in [-0.39, 0.29) is 12.5 Å². The number of hydrogen-bond acceptors (Lipinski definition) is 8. The van der Waals surface area contributed by atoms with Gasteiger partial charge in [-0.1, -0.05) is 83.1 Å². The molecule has 222 valence electrons. The van der Waals surface area contributed by atoms with Crippen LogP contribution in [0.4, 0.5) is 0 Å². The van der Waals surface area contributed by atoms with Gasteiger partial charge in [0.1, 0.15) is 24.4 Å². The second kappa shape index (κ2) is 21.5. The molecule has 1 rings (SSSR count). The van der Waals surface area contributed by atoms with Crippen molar-refractivity contribution in [2.24, 2.45) is 0 Å². The zero-order chi connectivity index (χ0) is 28.2. The molecule has 0 aliphatic carbocycles. The van der Waals surface area contributed by atoms with Gasteiger partial charge in [0, 0.05) is 6.42 Å². The highest BCUT2D eigenvalue weighted by atomic mass is 16.7. The van der Waals surface area contributed by atoms with E-state index in [2.05, 4.69) is 24.4 Å². The number of unbranched alkanes of at least 4 members (excludes halogenated alkanes) is 9. The number of carbonyl (C=O) groups excluding carboxylic acids is 1. The van der Waals surface area contributed by atoms with Crippen LogP contribution >= 0.6 is 0 Å². The fourth-order valence-corrected chi connectivity index (χ4v) is 4.28. The standard InChI is InChI=1S/C29H53NO8/c1-3-5-7-8-9-10-11-12-13-14-15-17-18-23(32)22(30-25(33)19-16-6-4-2)21-37-29-28(36)27(35)26(34)24(20-31)38-29/h12-13,17-18,22-24,26-29,31-32,34-36H,3-11,14-16,19-21H2,1-2H3,(H,30,33)/b13-12+,18-17+. The summed E-state index contributed by atoms with van der Waals surface area (Å²) in [4.78, 5) is 12.4. The zero-order valence-electron chi connectivity index (χ0n) is 23.4. The normalized spacial score (nSPS) is 25.7. The number of ether oxygens (including phenoxy) is 2. The number of rotatable bonds is 21. The number of nitrogens with one attached hydrogen (secondary N) is 1. The lowest BCUT2D eigenvalue weighted by molar-refractivity contribution is -0.302. The SMILES string of the molecule is CCCCCCCC/C=C/CC/C=C/C(O)C(COC1OC(CO)C(O)C(O)C1O)NC(=O)CCCCC. The minimum absolute atomic E-state index is 0.203. The molecule has 1 amide bonds. The molecule has 0 aromatic rings. The Labute approximate surface area is 228 Å². The van der Waals surface area contributed by atoms with E-state index in [4.69, 9.17) is 9.47 Å². The van der Waals surface area contributed by atoms with Crippen LogP contribution in [0.1, 0.15) is 97.3 Å². The third kappa shape index (κ3) is 14.2. The summed E-state index contributed by atoms with van der Waals surface area (Å²) in [6, 6.07) is -0.809. The topological polar surface area (TPSA) is 149 Å². The fraction of sp³-hybridized carbons (Fsp3) is 0.828. The van der Waals surface area contributed by atoms with Crippen molar-refractivity contribution in [1.29, 1.82) is 0 Å². The van der Waals surface area contributed by atoms with Crippen molar-refractivity contribution in [3.63, 3.8) is 0 Å². The molecule has 0 radical (unpaired) electrons. The first-order valence-electron chi connectivity index (χ1n) is 14.6. The predicted molar refractivity (Wildman–Crippen MR) is 147 cm³/mol. The molecule has 1 heterocycles. The summed E-state index contributed by atoms with van der Waals surface area (Å²) in [7, 11) is 0. The van der Waals surface area contributed by atoms with Crippen LogP contribution in [0.2, 0.25) is 0 Å². The highest BCUT2D eigenvalue weighted by molar-refractivity contribution is 5.76. The first-order valence-corrected chi connectivity index (χ1v) is 14.6. The van der Waals surface area contributed by atoms with Gasteiger partial charge in [-0.05, 0) is 32.1 Å². The van der Waals surface area contributed by atoms with Gasteiger partial charge in [-0.15, -0.1) is 0 Å². The summed E-state index contributed by atoms with van der Waals surface area (Å²) in [5.74, 6) is -0.217. The maximum atomic E-state index is 12.4. The number of carbonyl (C=O) groups is 1. The lowest BCUT2D eigenvalue weighted by Crippen LogP contribution is -2.60. The Morgan fingerprint density at radius 3 is 2.21 bits per heavy atom. The predicted octanol–water partition coefficient (Wildman–Crippen LogP) is 2.87. The van der Waals surface area contributed by atoms with E-state index >= 15 is 0 Å².